The molecule has 0 bridgehead atoms. The first-order chi connectivity index (χ1) is 8.58. The molecule has 0 radical (unpaired) electrons. The zero-order valence-corrected chi connectivity index (χ0v) is 9.57. The fraction of sp³-hybridized carbons (Fsp3) is 0.364. The maximum atomic E-state index is 10.5. The van der Waals surface area contributed by atoms with Gasteiger partial charge in [0.15, 0.2) is 0 Å². The molecule has 0 saturated carbocycles. The van der Waals surface area contributed by atoms with Crippen LogP contribution in [0.2, 0.25) is 0 Å². The van der Waals surface area contributed by atoms with Crippen molar-refractivity contribution in [3.63, 3.8) is 0 Å². The Kier molecular flexibility index (Phi) is 5.43. The summed E-state index contributed by atoms with van der Waals surface area (Å²) in [7, 11) is 0. The summed E-state index contributed by atoms with van der Waals surface area (Å²) in [4.78, 5) is 24.4. The Morgan fingerprint density at radius 2 is 1.94 bits per heavy atom. The molecule has 0 atom stereocenters. The Bertz CT molecular complexity index is 402. The number of nitrogens with zero attached hydrogens (tertiary/aromatic N) is 1. The third-order valence-electron chi connectivity index (χ3n) is 2.03. The molecule has 1 rings (SSSR count). The highest BCUT2D eigenvalue weighted by Crippen LogP contribution is 2.12. The Morgan fingerprint density at radius 1 is 1.28 bits per heavy atom. The largest absolute Gasteiger partial charge is 0.494 e. The van der Waals surface area contributed by atoms with E-state index in [9.17, 15) is 14.9 Å². The van der Waals surface area contributed by atoms with Crippen LogP contribution < -0.4 is 4.74 Å². The Hall–Kier alpha value is -2.31. The quantitative estimate of drug-likeness (QED) is 0.427. The summed E-state index contributed by atoms with van der Waals surface area (Å²) < 4.78 is 5.30. The predicted molar refractivity (Wildman–Crippen MR) is 60.8 cm³/mol. The second kappa shape index (κ2) is 7.10. The minimum Gasteiger partial charge on any atom is -0.494 e. The number of hydrogen-bond acceptors (Lipinski definition) is 5. The molecule has 0 unspecified atom stereocenters. The third-order valence-corrected chi connectivity index (χ3v) is 2.03. The topological polar surface area (TPSA) is 98.9 Å². The van der Waals surface area contributed by atoms with Gasteiger partial charge in [0, 0.05) is 6.42 Å². The maximum Gasteiger partial charge on any atom is 0.307 e. The summed E-state index contributed by atoms with van der Waals surface area (Å²) in [6.07, 6.45) is 0.370. The van der Waals surface area contributed by atoms with Crippen LogP contribution in [-0.4, -0.2) is 29.4 Å². The molecule has 0 aliphatic heterocycles. The first-order valence-corrected chi connectivity index (χ1v) is 5.29. The van der Waals surface area contributed by atoms with Gasteiger partial charge in [-0.25, -0.2) is 0 Å². The number of hydrogen-bond donors (Lipinski definition) is 1. The van der Waals surface area contributed by atoms with Gasteiger partial charge in [0.2, 0.25) is 0 Å². The molecule has 1 aromatic rings. The molecular weight excluding hydrogens is 242 g/mol. The smallest absolute Gasteiger partial charge is 0.307 e. The van der Waals surface area contributed by atoms with Crippen LogP contribution in [0.5, 0.6) is 5.75 Å². The molecule has 0 aromatic heterocycles. The molecular formula is C11H13NO6. The van der Waals surface area contributed by atoms with Crippen molar-refractivity contribution in [1.29, 1.82) is 0 Å². The van der Waals surface area contributed by atoms with Crippen LogP contribution in [-0.2, 0) is 16.1 Å². The van der Waals surface area contributed by atoms with E-state index in [-0.39, 0.29) is 13.0 Å². The first-order valence-electron chi connectivity index (χ1n) is 5.29. The molecule has 0 fully saturated rings. The van der Waals surface area contributed by atoms with Crippen LogP contribution in [0.4, 0.5) is 0 Å². The number of aliphatic carboxylic acids is 1. The van der Waals surface area contributed by atoms with E-state index in [2.05, 4.69) is 4.84 Å². The van der Waals surface area contributed by atoms with Crippen molar-refractivity contribution < 1.29 is 24.6 Å². The molecule has 0 aliphatic rings. The van der Waals surface area contributed by atoms with Gasteiger partial charge in [-0.3, -0.25) is 4.79 Å². The van der Waals surface area contributed by atoms with Crippen molar-refractivity contribution in [3.8, 4) is 5.75 Å². The minimum atomic E-state index is -0.888. The fourth-order valence-electron chi connectivity index (χ4n) is 1.27. The van der Waals surface area contributed by atoms with Crippen molar-refractivity contribution >= 4 is 5.97 Å². The molecule has 0 amide bonds. The summed E-state index contributed by atoms with van der Waals surface area (Å²) in [5, 5.41) is 17.6. The molecule has 1 N–H and O–H groups in total. The van der Waals surface area contributed by atoms with E-state index < -0.39 is 11.1 Å². The van der Waals surface area contributed by atoms with Crippen LogP contribution >= 0.6 is 0 Å². The number of carboxylic acid groups (broad SMARTS) is 1. The van der Waals surface area contributed by atoms with E-state index in [0.29, 0.717) is 24.3 Å². The Balaban J connectivity index is 2.26. The maximum absolute atomic E-state index is 10.5. The van der Waals surface area contributed by atoms with E-state index in [1.165, 1.54) is 0 Å². The molecule has 0 heterocycles. The predicted octanol–water partition coefficient (Wildman–Crippen LogP) is 1.29. The number of benzene rings is 1. The van der Waals surface area contributed by atoms with E-state index in [1.54, 1.807) is 24.3 Å². The summed E-state index contributed by atoms with van der Waals surface area (Å²) in [5.41, 5.74) is 0.687. The summed E-state index contributed by atoms with van der Waals surface area (Å²) in [5.74, 6) is -0.300. The Labute approximate surface area is 103 Å². The second-order valence-corrected chi connectivity index (χ2v) is 3.47. The van der Waals surface area contributed by atoms with Gasteiger partial charge < -0.3 is 14.7 Å². The molecule has 18 heavy (non-hydrogen) atoms. The highest BCUT2D eigenvalue weighted by atomic mass is 16.9. The van der Waals surface area contributed by atoms with E-state index in [1.807, 2.05) is 0 Å². The van der Waals surface area contributed by atoms with Crippen molar-refractivity contribution in [1.82, 2.24) is 0 Å². The van der Waals surface area contributed by atoms with Gasteiger partial charge in [-0.15, -0.1) is 10.1 Å². The van der Waals surface area contributed by atoms with Gasteiger partial charge in [-0.1, -0.05) is 12.1 Å². The lowest BCUT2D eigenvalue weighted by Crippen LogP contribution is -2.06. The molecule has 0 saturated heterocycles. The number of ether oxygens (including phenoxy) is 1. The van der Waals surface area contributed by atoms with Crippen molar-refractivity contribution in [3.05, 3.63) is 39.9 Å². The number of carbonyl (C=O) groups is 1. The summed E-state index contributed by atoms with van der Waals surface area (Å²) in [6, 6.07) is 6.65. The van der Waals surface area contributed by atoms with Crippen LogP contribution in [0, 0.1) is 10.1 Å². The van der Waals surface area contributed by atoms with E-state index in [0.717, 1.165) is 0 Å². The Morgan fingerprint density at radius 3 is 2.50 bits per heavy atom. The fourth-order valence-corrected chi connectivity index (χ4v) is 1.27. The van der Waals surface area contributed by atoms with Crippen molar-refractivity contribution in [2.75, 3.05) is 13.2 Å². The number of rotatable bonds is 8. The van der Waals surface area contributed by atoms with Crippen LogP contribution in [0.25, 0.3) is 0 Å². The van der Waals surface area contributed by atoms with Gasteiger partial charge in [-0.2, -0.15) is 0 Å². The zero-order chi connectivity index (χ0) is 13.4. The summed E-state index contributed by atoms with van der Waals surface area (Å²) >= 11 is 0. The average molecular weight is 255 g/mol. The molecule has 0 aliphatic carbocycles. The van der Waals surface area contributed by atoms with E-state index in [4.69, 9.17) is 9.84 Å². The molecule has 1 aromatic carbocycles. The average Bonchev–Trinajstić information content (AvgIpc) is 2.30. The molecule has 98 valence electrons. The zero-order valence-electron chi connectivity index (χ0n) is 9.57. The van der Waals surface area contributed by atoms with Gasteiger partial charge in [0.25, 0.3) is 5.09 Å². The SMILES string of the molecule is O=C(O)Cc1ccc(OCCCO[N+](=O)[O-])cc1. The lowest BCUT2D eigenvalue weighted by atomic mass is 10.1. The standard InChI is InChI=1S/C11H13NO6/c13-11(14)8-9-2-4-10(5-3-9)17-6-1-7-18-12(15)16/h2-5H,1,6-8H2,(H,13,14). The van der Waals surface area contributed by atoms with Crippen molar-refractivity contribution in [2.24, 2.45) is 0 Å². The normalized spacial score (nSPS) is 9.78. The van der Waals surface area contributed by atoms with Gasteiger partial charge in [-0.05, 0) is 17.7 Å². The van der Waals surface area contributed by atoms with Crippen LogP contribution in [0.1, 0.15) is 12.0 Å². The lowest BCUT2D eigenvalue weighted by Gasteiger charge is -2.06. The second-order valence-electron chi connectivity index (χ2n) is 3.47. The van der Waals surface area contributed by atoms with Crippen LogP contribution in [0.15, 0.2) is 24.3 Å². The molecule has 0 spiro atoms. The lowest BCUT2D eigenvalue weighted by molar-refractivity contribution is -0.757. The minimum absolute atomic E-state index is 0.00982. The highest BCUT2D eigenvalue weighted by Gasteiger charge is 2.01. The summed E-state index contributed by atoms with van der Waals surface area (Å²) in [6.45, 7) is 0.288. The van der Waals surface area contributed by atoms with Gasteiger partial charge in [0.05, 0.1) is 19.6 Å². The van der Waals surface area contributed by atoms with Crippen LogP contribution in [0.3, 0.4) is 0 Å². The number of carboxylic acids is 1. The molecule has 7 heteroatoms. The van der Waals surface area contributed by atoms with E-state index >= 15 is 0 Å². The van der Waals surface area contributed by atoms with Gasteiger partial charge in [0.1, 0.15) is 5.75 Å². The third kappa shape index (κ3) is 5.69. The molecule has 7 nitrogen and oxygen atoms in total. The highest BCUT2D eigenvalue weighted by molar-refractivity contribution is 5.70. The first kappa shape index (κ1) is 13.8. The van der Waals surface area contributed by atoms with Gasteiger partial charge >= 0.3 is 5.97 Å². The van der Waals surface area contributed by atoms with Crippen molar-refractivity contribution in [2.45, 2.75) is 12.8 Å². The monoisotopic (exact) mass is 255 g/mol.